The molecule has 0 radical (unpaired) electrons. The second-order valence-electron chi connectivity index (χ2n) is 1.58. The predicted octanol–water partition coefficient (Wildman–Crippen LogP) is 2.10. The van der Waals surface area contributed by atoms with Crippen molar-refractivity contribution in [2.75, 3.05) is 0 Å². The quantitative estimate of drug-likeness (QED) is 0.359. The molecule has 0 N–H and O–H groups in total. The fourth-order valence-corrected chi connectivity index (χ4v) is 0.461. The summed E-state index contributed by atoms with van der Waals surface area (Å²) in [4.78, 5) is 0. The summed E-state index contributed by atoms with van der Waals surface area (Å²) in [5, 5.41) is -2.92. The van der Waals surface area contributed by atoms with Crippen molar-refractivity contribution in [1.29, 1.82) is 0 Å². The average molecular weight is 143 g/mol. The molecule has 0 aromatic heterocycles. The molecule has 0 aromatic carbocycles. The normalized spacial score (nSPS) is 41.5. The Labute approximate surface area is 48.9 Å². The number of hydrogen-bond acceptors (Lipinski definition) is 0. The highest BCUT2D eigenvalue weighted by atomic mass is 35.5. The molecule has 1 rings (SSSR count). The molecule has 0 unspecified atom stereocenters. The number of halogens is 4. The van der Waals surface area contributed by atoms with Gasteiger partial charge in [0, 0.05) is 0 Å². The Morgan fingerprint density at radius 3 is 1.50 bits per heavy atom. The van der Waals surface area contributed by atoms with Crippen molar-refractivity contribution in [3.8, 4) is 0 Å². The van der Waals surface area contributed by atoms with Gasteiger partial charge in [-0.25, -0.2) is 4.39 Å². The van der Waals surface area contributed by atoms with Gasteiger partial charge in [0.2, 0.25) is 0 Å². The Morgan fingerprint density at radius 2 is 1.50 bits per heavy atom. The lowest BCUT2D eigenvalue weighted by atomic mass is 10.0. The molecule has 0 heterocycles. The van der Waals surface area contributed by atoms with Crippen LogP contribution in [0.4, 0.5) is 13.2 Å². The first kappa shape index (κ1) is 5.95. The van der Waals surface area contributed by atoms with E-state index < -0.39 is 11.1 Å². The van der Waals surface area contributed by atoms with E-state index in [4.69, 9.17) is 0 Å². The third-order valence-electron chi connectivity index (χ3n) is 0.946. The molecule has 0 aliphatic heterocycles. The van der Waals surface area contributed by atoms with E-state index >= 15 is 0 Å². The van der Waals surface area contributed by atoms with Crippen molar-refractivity contribution in [1.82, 2.24) is 0 Å². The topological polar surface area (TPSA) is 0 Å². The third kappa shape index (κ3) is 0.540. The monoisotopic (exact) mass is 142 g/mol. The predicted molar refractivity (Wildman–Crippen MR) is 23.8 cm³/mol. The minimum atomic E-state index is -3.46. The Kier molecular flexibility index (Phi) is 0.899. The lowest BCUT2D eigenvalue weighted by Gasteiger charge is -2.29. The number of hydrogen-bond donors (Lipinski definition) is 0. The first-order valence-corrected chi connectivity index (χ1v) is 2.29. The van der Waals surface area contributed by atoms with Crippen LogP contribution in [-0.2, 0) is 0 Å². The van der Waals surface area contributed by atoms with Gasteiger partial charge in [-0.1, -0.05) is 11.6 Å². The fraction of sp³-hybridized carbons (Fsp3) is 0.500. The molecule has 0 saturated heterocycles. The van der Waals surface area contributed by atoms with Gasteiger partial charge in [0.05, 0.1) is 0 Å². The summed E-state index contributed by atoms with van der Waals surface area (Å²) in [6.07, 6.45) is 1.05. The Morgan fingerprint density at radius 1 is 1.12 bits per heavy atom. The van der Waals surface area contributed by atoms with Crippen LogP contribution in [0.25, 0.3) is 0 Å². The van der Waals surface area contributed by atoms with Crippen molar-refractivity contribution in [2.45, 2.75) is 11.1 Å². The van der Waals surface area contributed by atoms with E-state index in [-0.39, 0.29) is 0 Å². The van der Waals surface area contributed by atoms with Crippen molar-refractivity contribution in [2.24, 2.45) is 0 Å². The third-order valence-corrected chi connectivity index (χ3v) is 1.32. The number of allylic oxidation sites excluding steroid dienone is 2. The van der Waals surface area contributed by atoms with Gasteiger partial charge in [-0.15, -0.1) is 0 Å². The molecule has 0 bridgehead atoms. The molecule has 0 saturated carbocycles. The molecule has 0 amide bonds. The van der Waals surface area contributed by atoms with E-state index in [1.807, 2.05) is 0 Å². The molecule has 1 aliphatic rings. The molecule has 0 spiro atoms. The van der Waals surface area contributed by atoms with E-state index in [0.717, 1.165) is 0 Å². The molecule has 46 valence electrons. The summed E-state index contributed by atoms with van der Waals surface area (Å²) in [5.41, 5.74) is 0. The minimum Gasteiger partial charge on any atom is -0.214 e. The van der Waals surface area contributed by atoms with Gasteiger partial charge in [-0.05, 0) is 12.2 Å². The van der Waals surface area contributed by atoms with Crippen molar-refractivity contribution in [3.05, 3.63) is 12.2 Å². The summed E-state index contributed by atoms with van der Waals surface area (Å²) in [7, 11) is 0. The molecule has 4 heteroatoms. The summed E-state index contributed by atoms with van der Waals surface area (Å²) < 4.78 is 35.4. The van der Waals surface area contributed by atoms with Crippen LogP contribution < -0.4 is 0 Å². The standard InChI is InChI=1S/C4H2ClF3/c5-3(6)1-2-4(3,7)8/h1-2H/t3-/m1/s1. The maximum absolute atomic E-state index is 11.9. The average Bonchev–Trinajstić information content (AvgIpc) is 1.64. The van der Waals surface area contributed by atoms with Crippen molar-refractivity contribution < 1.29 is 13.2 Å². The Bertz CT molecular complexity index is 122. The van der Waals surface area contributed by atoms with Gasteiger partial charge in [-0.3, -0.25) is 0 Å². The highest BCUT2D eigenvalue weighted by molar-refractivity contribution is 6.25. The summed E-state index contributed by atoms with van der Waals surface area (Å²) in [5.74, 6) is -3.46. The second-order valence-corrected chi connectivity index (χ2v) is 2.13. The molecule has 1 aliphatic carbocycles. The van der Waals surface area contributed by atoms with Gasteiger partial charge < -0.3 is 0 Å². The van der Waals surface area contributed by atoms with Gasteiger partial charge >= 0.3 is 5.92 Å². The summed E-state index contributed by atoms with van der Waals surface area (Å²) in [6, 6.07) is 0. The van der Waals surface area contributed by atoms with Crippen molar-refractivity contribution >= 4 is 11.6 Å². The highest BCUT2D eigenvalue weighted by Crippen LogP contribution is 2.45. The fourth-order valence-electron chi connectivity index (χ4n) is 0.335. The Balaban J connectivity index is 2.82. The minimum absolute atomic E-state index is 0.431. The number of alkyl halides is 4. The van der Waals surface area contributed by atoms with E-state index in [0.29, 0.717) is 12.2 Å². The zero-order chi connectivity index (χ0) is 6.41. The Hall–Kier alpha value is -0.180. The maximum Gasteiger partial charge on any atom is 0.317 e. The van der Waals surface area contributed by atoms with E-state index in [2.05, 4.69) is 11.6 Å². The van der Waals surface area contributed by atoms with Gasteiger partial charge in [0.1, 0.15) is 0 Å². The SMILES string of the molecule is FC1(F)C=C[C@]1(F)Cl. The molecule has 0 aromatic rings. The van der Waals surface area contributed by atoms with Crippen LogP contribution in [0.3, 0.4) is 0 Å². The molecule has 8 heavy (non-hydrogen) atoms. The molecule has 0 nitrogen and oxygen atoms in total. The molecule has 1 atom stereocenters. The van der Waals surface area contributed by atoms with Crippen LogP contribution in [0.2, 0.25) is 0 Å². The molecular weight excluding hydrogens is 140 g/mol. The van der Waals surface area contributed by atoms with E-state index in [1.165, 1.54) is 0 Å². The van der Waals surface area contributed by atoms with Crippen molar-refractivity contribution in [3.63, 3.8) is 0 Å². The van der Waals surface area contributed by atoms with Crippen LogP contribution in [0.5, 0.6) is 0 Å². The zero-order valence-electron chi connectivity index (χ0n) is 3.67. The highest BCUT2D eigenvalue weighted by Gasteiger charge is 2.56. The van der Waals surface area contributed by atoms with Crippen LogP contribution in [0.1, 0.15) is 0 Å². The zero-order valence-corrected chi connectivity index (χ0v) is 4.42. The summed E-state index contributed by atoms with van der Waals surface area (Å²) in [6.45, 7) is 0. The van der Waals surface area contributed by atoms with Gasteiger partial charge in [0.15, 0.2) is 0 Å². The lowest BCUT2D eigenvalue weighted by Crippen LogP contribution is -2.42. The van der Waals surface area contributed by atoms with Crippen LogP contribution in [0.15, 0.2) is 12.2 Å². The summed E-state index contributed by atoms with van der Waals surface area (Å²) >= 11 is 4.59. The second kappa shape index (κ2) is 1.21. The van der Waals surface area contributed by atoms with E-state index in [1.54, 1.807) is 0 Å². The van der Waals surface area contributed by atoms with Gasteiger partial charge in [-0.2, -0.15) is 8.78 Å². The van der Waals surface area contributed by atoms with Crippen LogP contribution in [0, 0.1) is 0 Å². The van der Waals surface area contributed by atoms with Crippen LogP contribution in [-0.4, -0.2) is 11.1 Å². The van der Waals surface area contributed by atoms with E-state index in [9.17, 15) is 13.2 Å². The van der Waals surface area contributed by atoms with Crippen LogP contribution >= 0.6 is 11.6 Å². The smallest absolute Gasteiger partial charge is 0.214 e. The number of rotatable bonds is 0. The first-order chi connectivity index (χ1) is 3.46. The molecule has 0 fully saturated rings. The first-order valence-electron chi connectivity index (χ1n) is 1.92. The van der Waals surface area contributed by atoms with Gasteiger partial charge in [0.25, 0.3) is 5.13 Å². The largest absolute Gasteiger partial charge is 0.317 e. The maximum atomic E-state index is 11.9. The molecular formula is C4H2ClF3. The lowest BCUT2D eigenvalue weighted by molar-refractivity contribution is -0.0508.